The van der Waals surface area contributed by atoms with E-state index in [9.17, 15) is 0 Å². The number of unbranched alkanes of at least 4 members (excludes halogenated alkanes) is 3. The maximum Gasteiger partial charge on any atom is 0.0984 e. The lowest BCUT2D eigenvalue weighted by Gasteiger charge is -2.24. The molecule has 100 valence electrons. The molecule has 1 atom stereocenters. The Kier molecular flexibility index (Phi) is 5.49. The number of para-hydroxylation sites is 1. The maximum atomic E-state index is 5.51. The average Bonchev–Trinajstić information content (AvgIpc) is 3.22. The molecule has 1 aliphatic heterocycles. The lowest BCUT2D eigenvalue weighted by atomic mass is 10.1. The minimum atomic E-state index is 0.453. The first-order chi connectivity index (χ1) is 8.90. The molecule has 1 heterocycles. The molecule has 3 nitrogen and oxygen atoms in total. The van der Waals surface area contributed by atoms with Crippen LogP contribution in [0.1, 0.15) is 25.7 Å². The molecule has 1 saturated heterocycles. The number of hydrogen-bond acceptors (Lipinski definition) is 3. The van der Waals surface area contributed by atoms with E-state index in [0.717, 1.165) is 32.7 Å². The summed E-state index contributed by atoms with van der Waals surface area (Å²) in [5, 5.41) is 0. The summed E-state index contributed by atoms with van der Waals surface area (Å²) in [5.41, 5.74) is 6.82. The molecule has 0 aromatic heterocycles. The fraction of sp³-hybridized carbons (Fsp3) is 0.600. The molecule has 0 saturated carbocycles. The molecule has 0 amide bonds. The van der Waals surface area contributed by atoms with Crippen LogP contribution >= 0.6 is 0 Å². The van der Waals surface area contributed by atoms with Crippen LogP contribution in [0.15, 0.2) is 30.3 Å². The minimum Gasteiger partial charge on any atom is -0.371 e. The lowest BCUT2D eigenvalue weighted by Crippen LogP contribution is -2.28. The van der Waals surface area contributed by atoms with Gasteiger partial charge in [0.15, 0.2) is 0 Å². The number of nitrogens with two attached hydrogens (primary N) is 1. The smallest absolute Gasteiger partial charge is 0.0984 e. The zero-order chi connectivity index (χ0) is 12.6. The number of hydrogen-bond donors (Lipinski definition) is 1. The van der Waals surface area contributed by atoms with E-state index in [1.165, 1.54) is 24.9 Å². The van der Waals surface area contributed by atoms with Gasteiger partial charge in [0.1, 0.15) is 0 Å². The Labute approximate surface area is 110 Å². The molecule has 1 aromatic carbocycles. The summed E-state index contributed by atoms with van der Waals surface area (Å²) in [4.78, 5) is 2.44. The summed E-state index contributed by atoms with van der Waals surface area (Å²) in [6, 6.07) is 10.6. The van der Waals surface area contributed by atoms with Gasteiger partial charge in [-0.3, -0.25) is 0 Å². The van der Waals surface area contributed by atoms with E-state index in [-0.39, 0.29) is 0 Å². The molecule has 2 N–H and O–H groups in total. The van der Waals surface area contributed by atoms with Crippen molar-refractivity contribution in [2.45, 2.75) is 31.8 Å². The van der Waals surface area contributed by atoms with Crippen molar-refractivity contribution in [1.82, 2.24) is 0 Å². The number of anilines is 1. The van der Waals surface area contributed by atoms with Gasteiger partial charge in [-0.05, 0) is 31.5 Å². The average molecular weight is 248 g/mol. The highest BCUT2D eigenvalue weighted by molar-refractivity contribution is 5.46. The van der Waals surface area contributed by atoms with Crippen molar-refractivity contribution in [3.8, 4) is 0 Å². The predicted molar refractivity (Wildman–Crippen MR) is 75.9 cm³/mol. The zero-order valence-corrected chi connectivity index (χ0v) is 11.1. The van der Waals surface area contributed by atoms with Gasteiger partial charge in [0, 0.05) is 18.8 Å². The Morgan fingerprint density at radius 3 is 2.50 bits per heavy atom. The van der Waals surface area contributed by atoms with Crippen molar-refractivity contribution >= 4 is 5.69 Å². The first-order valence-electron chi connectivity index (χ1n) is 7.02. The molecule has 0 spiro atoms. The topological polar surface area (TPSA) is 41.8 Å². The van der Waals surface area contributed by atoms with Gasteiger partial charge in [0.05, 0.1) is 12.7 Å². The second-order valence-electron chi connectivity index (χ2n) is 4.94. The van der Waals surface area contributed by atoms with Crippen LogP contribution in [0, 0.1) is 0 Å². The van der Waals surface area contributed by atoms with Gasteiger partial charge in [-0.15, -0.1) is 0 Å². The zero-order valence-electron chi connectivity index (χ0n) is 11.1. The van der Waals surface area contributed by atoms with E-state index in [1.807, 2.05) is 0 Å². The molecule has 0 aliphatic carbocycles. The lowest BCUT2D eigenvalue weighted by molar-refractivity contribution is 0.406. The SMILES string of the molecule is NCCCCCCN(CC1CO1)c1ccccc1. The third-order valence-electron chi connectivity index (χ3n) is 3.33. The van der Waals surface area contributed by atoms with E-state index >= 15 is 0 Å². The molecular formula is C15H24N2O. The van der Waals surface area contributed by atoms with Crippen LogP contribution in [0.3, 0.4) is 0 Å². The van der Waals surface area contributed by atoms with Crippen LogP contribution in [0.4, 0.5) is 5.69 Å². The Hall–Kier alpha value is -1.06. The highest BCUT2D eigenvalue weighted by atomic mass is 16.6. The molecule has 1 fully saturated rings. The highest BCUT2D eigenvalue weighted by Gasteiger charge is 2.25. The first-order valence-corrected chi connectivity index (χ1v) is 7.02. The predicted octanol–water partition coefficient (Wildman–Crippen LogP) is 2.41. The first kappa shape index (κ1) is 13.4. The molecule has 2 rings (SSSR count). The van der Waals surface area contributed by atoms with Crippen LogP contribution in [-0.2, 0) is 4.74 Å². The molecular weight excluding hydrogens is 224 g/mol. The summed E-state index contributed by atoms with van der Waals surface area (Å²) >= 11 is 0. The fourth-order valence-electron chi connectivity index (χ4n) is 2.18. The van der Waals surface area contributed by atoms with Crippen LogP contribution in [-0.4, -0.2) is 32.3 Å². The second-order valence-corrected chi connectivity index (χ2v) is 4.94. The monoisotopic (exact) mass is 248 g/mol. The third kappa shape index (κ3) is 4.67. The van der Waals surface area contributed by atoms with Gasteiger partial charge < -0.3 is 15.4 Å². The van der Waals surface area contributed by atoms with E-state index in [2.05, 4.69) is 35.2 Å². The summed E-state index contributed by atoms with van der Waals surface area (Å²) in [7, 11) is 0. The third-order valence-corrected chi connectivity index (χ3v) is 3.33. The quantitative estimate of drug-likeness (QED) is 0.539. The van der Waals surface area contributed by atoms with E-state index in [1.54, 1.807) is 0 Å². The summed E-state index contributed by atoms with van der Waals surface area (Å²) in [5.74, 6) is 0. The van der Waals surface area contributed by atoms with Gasteiger partial charge in [-0.2, -0.15) is 0 Å². The van der Waals surface area contributed by atoms with Gasteiger partial charge in [-0.25, -0.2) is 0 Å². The van der Waals surface area contributed by atoms with Gasteiger partial charge in [-0.1, -0.05) is 31.0 Å². The number of epoxide rings is 1. The largest absolute Gasteiger partial charge is 0.371 e. The van der Waals surface area contributed by atoms with Crippen molar-refractivity contribution in [2.24, 2.45) is 5.73 Å². The fourth-order valence-corrected chi connectivity index (χ4v) is 2.18. The van der Waals surface area contributed by atoms with Crippen molar-refractivity contribution in [1.29, 1.82) is 0 Å². The number of ether oxygens (including phenoxy) is 1. The summed E-state index contributed by atoms with van der Waals surface area (Å²) in [6.45, 7) is 3.89. The van der Waals surface area contributed by atoms with Crippen LogP contribution in [0.25, 0.3) is 0 Å². The van der Waals surface area contributed by atoms with E-state index < -0.39 is 0 Å². The molecule has 1 aliphatic rings. The second kappa shape index (κ2) is 7.39. The molecule has 0 radical (unpaired) electrons. The summed E-state index contributed by atoms with van der Waals surface area (Å²) in [6.07, 6.45) is 5.36. The number of rotatable bonds is 9. The highest BCUT2D eigenvalue weighted by Crippen LogP contribution is 2.19. The number of nitrogens with zero attached hydrogens (tertiary/aromatic N) is 1. The van der Waals surface area contributed by atoms with Crippen LogP contribution < -0.4 is 10.6 Å². The van der Waals surface area contributed by atoms with Gasteiger partial charge in [0.2, 0.25) is 0 Å². The van der Waals surface area contributed by atoms with Crippen LogP contribution in [0.2, 0.25) is 0 Å². The summed E-state index contributed by atoms with van der Waals surface area (Å²) < 4.78 is 5.35. The van der Waals surface area contributed by atoms with Crippen molar-refractivity contribution in [2.75, 3.05) is 31.1 Å². The van der Waals surface area contributed by atoms with Gasteiger partial charge >= 0.3 is 0 Å². The van der Waals surface area contributed by atoms with Crippen LogP contribution in [0.5, 0.6) is 0 Å². The minimum absolute atomic E-state index is 0.453. The van der Waals surface area contributed by atoms with Gasteiger partial charge in [0.25, 0.3) is 0 Å². The normalized spacial score (nSPS) is 17.7. The molecule has 0 bridgehead atoms. The van der Waals surface area contributed by atoms with Crippen molar-refractivity contribution in [3.05, 3.63) is 30.3 Å². The Morgan fingerprint density at radius 2 is 1.83 bits per heavy atom. The Balaban J connectivity index is 1.77. The van der Waals surface area contributed by atoms with E-state index in [4.69, 9.17) is 10.5 Å². The molecule has 1 unspecified atom stereocenters. The maximum absolute atomic E-state index is 5.51. The van der Waals surface area contributed by atoms with Crippen molar-refractivity contribution < 1.29 is 4.74 Å². The number of benzene rings is 1. The Morgan fingerprint density at radius 1 is 1.11 bits per heavy atom. The molecule has 18 heavy (non-hydrogen) atoms. The van der Waals surface area contributed by atoms with Crippen molar-refractivity contribution in [3.63, 3.8) is 0 Å². The molecule has 3 heteroatoms. The Bertz CT molecular complexity index is 325. The molecule has 1 aromatic rings. The van der Waals surface area contributed by atoms with E-state index in [0.29, 0.717) is 6.10 Å². The standard InChI is InChI=1S/C15H24N2O/c16-10-6-1-2-7-11-17(12-15-13-18-15)14-8-4-3-5-9-14/h3-5,8-9,15H,1-2,6-7,10-13,16H2.